The summed E-state index contributed by atoms with van der Waals surface area (Å²) in [5.74, 6) is 0.0228. The molecule has 3 heterocycles. The molecule has 4 rings (SSSR count). The Labute approximate surface area is 205 Å². The normalized spacial score (nSPS) is 11.4. The van der Waals surface area contributed by atoms with Crippen LogP contribution in [-0.4, -0.2) is 36.0 Å². The van der Waals surface area contributed by atoms with Gasteiger partial charge < -0.3 is 15.6 Å². The van der Waals surface area contributed by atoms with Crippen molar-refractivity contribution in [2.45, 2.75) is 11.1 Å². The number of thiophene rings is 1. The number of nitrogens with zero attached hydrogens (tertiary/aromatic N) is 2. The minimum absolute atomic E-state index is 0.0111. The summed E-state index contributed by atoms with van der Waals surface area (Å²) in [6.45, 7) is 1.75. The molecule has 4 N–H and O–H groups in total. The van der Waals surface area contributed by atoms with Crippen molar-refractivity contribution in [2.75, 3.05) is 17.7 Å². The first-order chi connectivity index (χ1) is 16.1. The summed E-state index contributed by atoms with van der Waals surface area (Å²) in [4.78, 5) is 45.2. The number of fused-ring (bicyclic) bond motifs is 1. The minimum atomic E-state index is -4.01. The molecule has 14 heteroatoms. The van der Waals surface area contributed by atoms with Gasteiger partial charge in [-0.05, 0) is 59.3 Å². The molecular weight excluding hydrogens is 548 g/mol. The van der Waals surface area contributed by atoms with Crippen molar-refractivity contribution in [3.05, 3.63) is 72.8 Å². The zero-order valence-electron chi connectivity index (χ0n) is 17.7. The number of aromatic nitrogens is 3. The number of halogens is 1. The smallest absolute Gasteiger partial charge is 0.334 e. The molecule has 0 saturated heterocycles. The van der Waals surface area contributed by atoms with E-state index < -0.39 is 27.3 Å². The summed E-state index contributed by atoms with van der Waals surface area (Å²) in [7, 11) is -2.30. The van der Waals surface area contributed by atoms with Gasteiger partial charge in [-0.2, -0.15) is 0 Å². The largest absolute Gasteiger partial charge is 0.387 e. The fourth-order valence-electron chi connectivity index (χ4n) is 3.11. The summed E-state index contributed by atoms with van der Waals surface area (Å²) in [6, 6.07) is 8.03. The van der Waals surface area contributed by atoms with Gasteiger partial charge in [-0.3, -0.25) is 4.79 Å². The Kier molecular flexibility index (Phi) is 6.29. The van der Waals surface area contributed by atoms with Crippen LogP contribution in [0.1, 0.15) is 4.88 Å². The molecule has 0 radical (unpaired) electrons. The number of benzene rings is 1. The van der Waals surface area contributed by atoms with Gasteiger partial charge in [0.15, 0.2) is 0 Å². The quantitative estimate of drug-likeness (QED) is 0.290. The van der Waals surface area contributed by atoms with Gasteiger partial charge in [-0.1, -0.05) is 0 Å². The average molecular weight is 565 g/mol. The molecule has 11 nitrogen and oxygen atoms in total. The molecule has 0 spiro atoms. The number of carbonyl (C=O) groups excluding carboxylic acids is 1. The molecule has 4 aromatic rings. The summed E-state index contributed by atoms with van der Waals surface area (Å²) >= 11 is 4.41. The average Bonchev–Trinajstić information content (AvgIpc) is 3.22. The standard InChI is InChI=1S/C20H17BrN6O5S2/c1-10-3-6-17(33-10)34(31,32)26-19(29)24-11-4-5-16(23-9-11)27-18(28)12-7-13(21)15(22-2)8-14(12)25-20(27)30/h3-9,22H,1-2H3,(H,25,30)(H2,24,26,29). The van der Waals surface area contributed by atoms with Gasteiger partial charge >= 0.3 is 11.7 Å². The molecule has 0 aliphatic carbocycles. The molecular formula is C20H17BrN6O5S2. The Morgan fingerprint density at radius 3 is 2.56 bits per heavy atom. The van der Waals surface area contributed by atoms with Crippen LogP contribution in [0.2, 0.25) is 0 Å². The van der Waals surface area contributed by atoms with E-state index in [1.807, 2.05) is 4.72 Å². The predicted molar refractivity (Wildman–Crippen MR) is 134 cm³/mol. The van der Waals surface area contributed by atoms with Gasteiger partial charge in [0.05, 0.1) is 28.5 Å². The van der Waals surface area contributed by atoms with Crippen LogP contribution in [-0.2, 0) is 10.0 Å². The second-order valence-corrected chi connectivity index (χ2v) is 11.1. The SMILES string of the molecule is CNc1cc2[nH]c(=O)n(-c3ccc(NC(=O)NS(=O)(=O)c4ccc(C)s4)cn3)c(=O)c2cc1Br. The predicted octanol–water partition coefficient (Wildman–Crippen LogP) is 2.76. The lowest BCUT2D eigenvalue weighted by molar-refractivity contribution is 0.256. The van der Waals surface area contributed by atoms with Gasteiger partial charge in [0.1, 0.15) is 10.0 Å². The van der Waals surface area contributed by atoms with Crippen molar-refractivity contribution >= 4 is 65.6 Å². The second-order valence-electron chi connectivity index (χ2n) is 7.03. The van der Waals surface area contributed by atoms with Crippen molar-refractivity contribution in [2.24, 2.45) is 0 Å². The van der Waals surface area contributed by atoms with Crippen molar-refractivity contribution in [1.29, 1.82) is 0 Å². The number of rotatable bonds is 5. The van der Waals surface area contributed by atoms with E-state index in [9.17, 15) is 22.8 Å². The number of sulfonamides is 1. The van der Waals surface area contributed by atoms with Gasteiger partial charge in [0.2, 0.25) is 0 Å². The summed E-state index contributed by atoms with van der Waals surface area (Å²) < 4.78 is 28.0. The lowest BCUT2D eigenvalue weighted by Gasteiger charge is -2.10. The van der Waals surface area contributed by atoms with Crippen molar-refractivity contribution < 1.29 is 13.2 Å². The molecule has 2 amide bonds. The fraction of sp³-hybridized carbons (Fsp3) is 0.100. The van der Waals surface area contributed by atoms with E-state index >= 15 is 0 Å². The lowest BCUT2D eigenvalue weighted by atomic mass is 10.2. The van der Waals surface area contributed by atoms with E-state index in [1.54, 1.807) is 32.2 Å². The molecule has 0 atom stereocenters. The molecule has 0 unspecified atom stereocenters. The maximum Gasteiger partial charge on any atom is 0.334 e. The number of carbonyl (C=O) groups is 1. The zero-order chi connectivity index (χ0) is 24.6. The highest BCUT2D eigenvalue weighted by atomic mass is 79.9. The molecule has 176 valence electrons. The number of anilines is 2. The first-order valence-electron chi connectivity index (χ1n) is 9.62. The summed E-state index contributed by atoms with van der Waals surface area (Å²) in [5.41, 5.74) is -0.0553. The van der Waals surface area contributed by atoms with Crippen LogP contribution in [0.4, 0.5) is 16.2 Å². The number of aryl methyl sites for hydroxylation is 1. The first-order valence-corrected chi connectivity index (χ1v) is 12.7. The summed E-state index contributed by atoms with van der Waals surface area (Å²) in [5, 5.41) is 5.58. The third kappa shape index (κ3) is 4.60. The monoisotopic (exact) mass is 564 g/mol. The number of H-pyrrole nitrogens is 1. The highest BCUT2D eigenvalue weighted by Crippen LogP contribution is 2.25. The molecule has 0 aliphatic heterocycles. The van der Waals surface area contributed by atoms with E-state index in [2.05, 4.69) is 36.5 Å². The first kappa shape index (κ1) is 23.7. The molecule has 0 fully saturated rings. The van der Waals surface area contributed by atoms with Crippen molar-refractivity contribution in [1.82, 2.24) is 19.3 Å². The van der Waals surface area contributed by atoms with Crippen LogP contribution >= 0.6 is 27.3 Å². The van der Waals surface area contributed by atoms with Crippen LogP contribution in [0, 0.1) is 6.92 Å². The van der Waals surface area contributed by atoms with Crippen molar-refractivity contribution in [3.8, 4) is 5.82 Å². The number of hydrogen-bond acceptors (Lipinski definition) is 8. The molecule has 0 aliphatic rings. The van der Waals surface area contributed by atoms with Gasteiger partial charge in [-0.15, -0.1) is 11.3 Å². The summed E-state index contributed by atoms with van der Waals surface area (Å²) in [6.07, 6.45) is 1.20. The Morgan fingerprint density at radius 1 is 1.18 bits per heavy atom. The van der Waals surface area contributed by atoms with Crippen molar-refractivity contribution in [3.63, 3.8) is 0 Å². The molecule has 3 aromatic heterocycles. The number of nitrogens with one attached hydrogen (secondary N) is 4. The van der Waals surface area contributed by atoms with Crippen LogP contribution in [0.5, 0.6) is 0 Å². The number of urea groups is 1. The third-order valence-electron chi connectivity index (χ3n) is 4.70. The highest BCUT2D eigenvalue weighted by Gasteiger charge is 2.20. The van der Waals surface area contributed by atoms with E-state index in [1.165, 1.54) is 24.4 Å². The van der Waals surface area contributed by atoms with E-state index in [4.69, 9.17) is 0 Å². The zero-order valence-corrected chi connectivity index (χ0v) is 20.9. The molecule has 34 heavy (non-hydrogen) atoms. The van der Waals surface area contributed by atoms with Gasteiger partial charge in [0, 0.05) is 16.4 Å². The topological polar surface area (TPSA) is 155 Å². The Balaban J connectivity index is 1.58. The van der Waals surface area contributed by atoms with Crippen LogP contribution in [0.15, 0.2) is 60.9 Å². The lowest BCUT2D eigenvalue weighted by Crippen LogP contribution is -2.35. The molecule has 1 aromatic carbocycles. The molecule has 0 saturated carbocycles. The third-order valence-corrected chi connectivity index (χ3v) is 8.18. The molecule has 0 bridgehead atoms. The maximum absolute atomic E-state index is 13.0. The van der Waals surface area contributed by atoms with E-state index in [0.717, 1.165) is 20.8 Å². The Hall–Kier alpha value is -3.49. The van der Waals surface area contributed by atoms with Gasteiger partial charge in [-0.25, -0.2) is 32.3 Å². The fourth-order valence-corrected chi connectivity index (χ4v) is 5.85. The number of amides is 2. The minimum Gasteiger partial charge on any atom is -0.387 e. The van der Waals surface area contributed by atoms with E-state index in [-0.39, 0.29) is 21.1 Å². The number of pyridine rings is 1. The van der Waals surface area contributed by atoms with Crippen LogP contribution in [0.3, 0.4) is 0 Å². The number of hydrogen-bond donors (Lipinski definition) is 4. The Bertz CT molecular complexity index is 1640. The van der Waals surface area contributed by atoms with Crippen LogP contribution < -0.4 is 26.6 Å². The van der Waals surface area contributed by atoms with Gasteiger partial charge in [0.25, 0.3) is 15.6 Å². The maximum atomic E-state index is 13.0. The second kappa shape index (κ2) is 9.04. The van der Waals surface area contributed by atoms with E-state index in [0.29, 0.717) is 15.7 Å². The highest BCUT2D eigenvalue weighted by molar-refractivity contribution is 9.10. The Morgan fingerprint density at radius 2 is 1.94 bits per heavy atom. The van der Waals surface area contributed by atoms with Crippen LogP contribution in [0.25, 0.3) is 16.7 Å². The number of aromatic amines is 1.